The number of anilines is 1. The third kappa shape index (κ3) is 3.16. The lowest BCUT2D eigenvalue weighted by Gasteiger charge is -2.34. The van der Waals surface area contributed by atoms with Crippen LogP contribution in [0.25, 0.3) is 0 Å². The zero-order chi connectivity index (χ0) is 18.1. The number of benzene rings is 1. The second-order valence-electron chi connectivity index (χ2n) is 6.91. The summed E-state index contributed by atoms with van der Waals surface area (Å²) < 4.78 is 5.48. The molecule has 2 amide bonds. The predicted octanol–water partition coefficient (Wildman–Crippen LogP) is 1.85. The van der Waals surface area contributed by atoms with E-state index in [1.165, 1.54) is 0 Å². The maximum atomic E-state index is 12.8. The number of fused-ring (bicyclic) bond motifs is 1. The van der Waals surface area contributed by atoms with Crippen molar-refractivity contribution < 1.29 is 14.3 Å². The van der Waals surface area contributed by atoms with Crippen LogP contribution in [0.15, 0.2) is 30.5 Å². The number of aromatic amines is 1. The largest absolute Gasteiger partial charge is 0.482 e. The van der Waals surface area contributed by atoms with Gasteiger partial charge in [0.05, 0.1) is 5.69 Å². The number of aromatic nitrogens is 2. The van der Waals surface area contributed by atoms with Gasteiger partial charge in [0.25, 0.3) is 5.91 Å². The van der Waals surface area contributed by atoms with Crippen LogP contribution >= 0.6 is 0 Å². The molecule has 0 atom stereocenters. The van der Waals surface area contributed by atoms with Crippen molar-refractivity contribution in [2.75, 3.05) is 31.1 Å². The van der Waals surface area contributed by atoms with Crippen LogP contribution in [0.2, 0.25) is 0 Å². The topological polar surface area (TPSA) is 78.5 Å². The van der Waals surface area contributed by atoms with Gasteiger partial charge in [0.15, 0.2) is 6.61 Å². The Hall–Kier alpha value is -2.83. The molecular formula is C19H22N4O3. The molecule has 0 spiro atoms. The molecular weight excluding hydrogens is 332 g/mol. The minimum absolute atomic E-state index is 0.0178. The molecule has 0 saturated carbocycles. The Bertz CT molecular complexity index is 810. The van der Waals surface area contributed by atoms with Gasteiger partial charge >= 0.3 is 0 Å². The molecule has 136 valence electrons. The predicted molar refractivity (Wildman–Crippen MR) is 96.2 cm³/mol. The summed E-state index contributed by atoms with van der Waals surface area (Å²) in [5, 5.41) is 7.02. The summed E-state index contributed by atoms with van der Waals surface area (Å²) >= 11 is 0. The first-order valence-corrected chi connectivity index (χ1v) is 8.92. The number of nitrogens with one attached hydrogen (secondary N) is 1. The minimum atomic E-state index is -0.177. The molecule has 3 heterocycles. The fourth-order valence-corrected chi connectivity index (χ4v) is 3.65. The highest BCUT2D eigenvalue weighted by Gasteiger charge is 2.30. The number of nitrogens with zero attached hydrogens (tertiary/aromatic N) is 3. The summed E-state index contributed by atoms with van der Waals surface area (Å²) in [7, 11) is 0. The monoisotopic (exact) mass is 354 g/mol. The molecule has 2 aromatic rings. The van der Waals surface area contributed by atoms with Crippen LogP contribution in [0.4, 0.5) is 5.69 Å². The van der Waals surface area contributed by atoms with E-state index in [1.54, 1.807) is 11.1 Å². The Morgan fingerprint density at radius 3 is 2.85 bits per heavy atom. The second kappa shape index (κ2) is 6.82. The number of H-pyrrole nitrogens is 1. The van der Waals surface area contributed by atoms with Crippen molar-refractivity contribution in [2.24, 2.45) is 0 Å². The van der Waals surface area contributed by atoms with Gasteiger partial charge < -0.3 is 9.64 Å². The first-order chi connectivity index (χ1) is 12.6. The fraction of sp³-hybridized carbons (Fsp3) is 0.421. The Balaban J connectivity index is 1.42. The first-order valence-electron chi connectivity index (χ1n) is 8.92. The van der Waals surface area contributed by atoms with Crippen LogP contribution < -0.4 is 9.64 Å². The quantitative estimate of drug-likeness (QED) is 0.912. The zero-order valence-electron chi connectivity index (χ0n) is 14.8. The number of aryl methyl sites for hydroxylation is 1. The van der Waals surface area contributed by atoms with E-state index in [1.807, 2.05) is 36.1 Å². The van der Waals surface area contributed by atoms with Crippen LogP contribution in [-0.4, -0.2) is 53.2 Å². The van der Waals surface area contributed by atoms with Crippen LogP contribution in [-0.2, 0) is 9.59 Å². The highest BCUT2D eigenvalue weighted by atomic mass is 16.5. The maximum absolute atomic E-state index is 12.8. The molecule has 7 heteroatoms. The summed E-state index contributed by atoms with van der Waals surface area (Å²) in [6, 6.07) is 7.68. The Labute approximate surface area is 151 Å². The van der Waals surface area contributed by atoms with Crippen LogP contribution in [0.3, 0.4) is 0 Å². The average molecular weight is 354 g/mol. The molecule has 1 N–H and O–H groups in total. The van der Waals surface area contributed by atoms with E-state index >= 15 is 0 Å². The third-order valence-electron chi connectivity index (χ3n) is 5.16. The Morgan fingerprint density at radius 2 is 2.12 bits per heavy atom. The van der Waals surface area contributed by atoms with Gasteiger partial charge in [-0.2, -0.15) is 5.10 Å². The van der Waals surface area contributed by atoms with E-state index in [2.05, 4.69) is 10.2 Å². The van der Waals surface area contributed by atoms with Gasteiger partial charge in [-0.05, 0) is 43.5 Å². The van der Waals surface area contributed by atoms with Crippen LogP contribution in [0.1, 0.15) is 30.0 Å². The number of carbonyl (C=O) groups excluding carboxylic acids is 2. The molecule has 1 aromatic carbocycles. The SMILES string of the molecule is Cc1ccc2c(c1)N(CC(=O)N1CCC(c3ccn[nH]3)CC1)C(=O)CO2. The molecule has 1 saturated heterocycles. The second-order valence-corrected chi connectivity index (χ2v) is 6.91. The van der Waals surface area contributed by atoms with Gasteiger partial charge in [-0.1, -0.05) is 6.07 Å². The molecule has 4 rings (SSSR count). The molecule has 1 aromatic heterocycles. The van der Waals surface area contributed by atoms with E-state index in [0.717, 1.165) is 24.1 Å². The highest BCUT2D eigenvalue weighted by molar-refractivity contribution is 6.02. The molecule has 0 radical (unpaired) electrons. The maximum Gasteiger partial charge on any atom is 0.265 e. The van der Waals surface area contributed by atoms with Gasteiger partial charge in [-0.3, -0.25) is 19.6 Å². The molecule has 2 aliphatic rings. The van der Waals surface area contributed by atoms with Gasteiger partial charge in [-0.25, -0.2) is 0 Å². The Kier molecular flexibility index (Phi) is 4.36. The minimum Gasteiger partial charge on any atom is -0.482 e. The summed E-state index contributed by atoms with van der Waals surface area (Å²) in [6.07, 6.45) is 3.57. The summed E-state index contributed by atoms with van der Waals surface area (Å²) in [5.74, 6) is 0.871. The lowest BCUT2D eigenvalue weighted by Crippen LogP contribution is -2.48. The van der Waals surface area contributed by atoms with Crippen molar-refractivity contribution >= 4 is 17.5 Å². The number of likely N-dealkylation sites (tertiary alicyclic amines) is 1. The van der Waals surface area contributed by atoms with Crippen LogP contribution in [0.5, 0.6) is 5.75 Å². The molecule has 1 fully saturated rings. The molecule has 0 bridgehead atoms. The summed E-state index contributed by atoms with van der Waals surface area (Å²) in [5.41, 5.74) is 2.84. The Morgan fingerprint density at radius 1 is 1.31 bits per heavy atom. The molecule has 7 nitrogen and oxygen atoms in total. The number of carbonyl (C=O) groups is 2. The molecule has 26 heavy (non-hydrogen) atoms. The molecule has 0 unspecified atom stereocenters. The standard InChI is InChI=1S/C19H22N4O3/c1-13-2-3-17-16(10-13)23(19(25)12-26-17)11-18(24)22-8-5-14(6-9-22)15-4-7-20-21-15/h2-4,7,10,14H,5-6,8-9,11-12H2,1H3,(H,20,21). The average Bonchev–Trinajstić information content (AvgIpc) is 3.19. The number of ether oxygens (including phenoxy) is 1. The van der Waals surface area contributed by atoms with Gasteiger partial charge in [-0.15, -0.1) is 0 Å². The van der Waals surface area contributed by atoms with Crippen molar-refractivity contribution in [1.82, 2.24) is 15.1 Å². The zero-order valence-corrected chi connectivity index (χ0v) is 14.8. The van der Waals surface area contributed by atoms with Crippen LogP contribution in [0, 0.1) is 6.92 Å². The summed E-state index contributed by atoms with van der Waals surface area (Å²) in [6.45, 7) is 3.39. The van der Waals surface area contributed by atoms with Crippen molar-refractivity contribution in [3.05, 3.63) is 41.7 Å². The molecule has 0 aliphatic carbocycles. The smallest absolute Gasteiger partial charge is 0.265 e. The number of amides is 2. The number of rotatable bonds is 3. The number of hydrogen-bond acceptors (Lipinski definition) is 4. The van der Waals surface area contributed by atoms with E-state index in [0.29, 0.717) is 30.4 Å². The van der Waals surface area contributed by atoms with Gasteiger partial charge in [0, 0.05) is 30.9 Å². The summed E-state index contributed by atoms with van der Waals surface area (Å²) in [4.78, 5) is 28.5. The highest BCUT2D eigenvalue weighted by Crippen LogP contribution is 2.33. The lowest BCUT2D eigenvalue weighted by molar-refractivity contribution is -0.132. The normalized spacial score (nSPS) is 17.8. The first kappa shape index (κ1) is 16.6. The van der Waals surface area contributed by atoms with Crippen molar-refractivity contribution in [3.63, 3.8) is 0 Å². The van der Waals surface area contributed by atoms with Crippen molar-refractivity contribution in [1.29, 1.82) is 0 Å². The van der Waals surface area contributed by atoms with E-state index < -0.39 is 0 Å². The van der Waals surface area contributed by atoms with Gasteiger partial charge in [0.2, 0.25) is 5.91 Å². The fourth-order valence-electron chi connectivity index (χ4n) is 3.65. The number of piperidine rings is 1. The van der Waals surface area contributed by atoms with E-state index in [9.17, 15) is 9.59 Å². The van der Waals surface area contributed by atoms with Crippen molar-refractivity contribution in [3.8, 4) is 5.75 Å². The lowest BCUT2D eigenvalue weighted by atomic mass is 9.93. The van der Waals surface area contributed by atoms with E-state index in [-0.39, 0.29) is 25.0 Å². The van der Waals surface area contributed by atoms with E-state index in [4.69, 9.17) is 4.74 Å². The molecule has 2 aliphatic heterocycles. The number of hydrogen-bond donors (Lipinski definition) is 1. The van der Waals surface area contributed by atoms with Gasteiger partial charge in [0.1, 0.15) is 12.3 Å². The third-order valence-corrected chi connectivity index (χ3v) is 5.16. The van der Waals surface area contributed by atoms with Crippen molar-refractivity contribution in [2.45, 2.75) is 25.7 Å².